The summed E-state index contributed by atoms with van der Waals surface area (Å²) in [5.74, 6) is 0.528. The summed E-state index contributed by atoms with van der Waals surface area (Å²) in [6.07, 6.45) is 2.89. The third-order valence-corrected chi connectivity index (χ3v) is 6.54. The van der Waals surface area contributed by atoms with E-state index < -0.39 is 11.5 Å². The Kier molecular flexibility index (Phi) is 7.95. The molecule has 7 heteroatoms. The van der Waals surface area contributed by atoms with Crippen molar-refractivity contribution in [3.8, 4) is 0 Å². The predicted octanol–water partition coefficient (Wildman–Crippen LogP) is 2.46. The summed E-state index contributed by atoms with van der Waals surface area (Å²) >= 11 is 0. The standard InChI is InChI=1S/C24H41N3O4/c1-10-31-23(30)15(4)11-18(14(2)3)27(9)22(29)20(24(5,6)7)25-21(28)19-17-12-16(17)13-26(19)8/h11,14,16-20H,10,12-13H2,1-9H3,(H,25,28)/t16-,17-,18?,19-,20+/m0/s1. The third-order valence-electron chi connectivity index (χ3n) is 6.54. The van der Waals surface area contributed by atoms with Gasteiger partial charge in [-0.3, -0.25) is 14.5 Å². The number of fused-ring (bicyclic) bond motifs is 1. The van der Waals surface area contributed by atoms with E-state index in [1.165, 1.54) is 0 Å². The fraction of sp³-hybridized carbons (Fsp3) is 0.792. The van der Waals surface area contributed by atoms with E-state index in [-0.39, 0.29) is 35.8 Å². The van der Waals surface area contributed by atoms with Crippen LogP contribution in [-0.4, -0.2) is 73.0 Å². The highest BCUT2D eigenvalue weighted by Crippen LogP contribution is 2.49. The molecule has 176 valence electrons. The van der Waals surface area contributed by atoms with Crippen molar-refractivity contribution < 1.29 is 19.1 Å². The molecule has 7 nitrogen and oxygen atoms in total. The molecule has 0 radical (unpaired) electrons. The predicted molar refractivity (Wildman–Crippen MR) is 121 cm³/mol. The van der Waals surface area contributed by atoms with Crippen LogP contribution in [0.1, 0.15) is 54.9 Å². The molecule has 0 spiro atoms. The number of esters is 1. The molecular weight excluding hydrogens is 394 g/mol. The average molecular weight is 436 g/mol. The molecule has 2 rings (SSSR count). The quantitative estimate of drug-likeness (QED) is 0.468. The largest absolute Gasteiger partial charge is 0.463 e. The smallest absolute Gasteiger partial charge is 0.333 e. The van der Waals surface area contributed by atoms with Crippen LogP contribution in [0.5, 0.6) is 0 Å². The molecule has 1 heterocycles. The number of carbonyl (C=O) groups excluding carboxylic acids is 3. The van der Waals surface area contributed by atoms with Crippen LogP contribution in [0.2, 0.25) is 0 Å². The second-order valence-electron chi connectivity index (χ2n) is 10.6. The van der Waals surface area contributed by atoms with Gasteiger partial charge < -0.3 is 15.0 Å². The number of hydrogen-bond acceptors (Lipinski definition) is 5. The first-order valence-corrected chi connectivity index (χ1v) is 11.4. The number of hydrogen-bond donors (Lipinski definition) is 1. The number of likely N-dealkylation sites (N-methyl/N-ethyl adjacent to an activating group) is 2. The summed E-state index contributed by atoms with van der Waals surface area (Å²) < 4.78 is 5.09. The molecule has 31 heavy (non-hydrogen) atoms. The maximum absolute atomic E-state index is 13.6. The summed E-state index contributed by atoms with van der Waals surface area (Å²) in [5, 5.41) is 3.07. The van der Waals surface area contributed by atoms with E-state index in [9.17, 15) is 14.4 Å². The van der Waals surface area contributed by atoms with Gasteiger partial charge >= 0.3 is 5.97 Å². The maximum atomic E-state index is 13.6. The van der Waals surface area contributed by atoms with Crippen molar-refractivity contribution in [2.75, 3.05) is 27.2 Å². The first-order valence-electron chi connectivity index (χ1n) is 11.4. The van der Waals surface area contributed by atoms with Crippen molar-refractivity contribution in [3.63, 3.8) is 0 Å². The van der Waals surface area contributed by atoms with Gasteiger partial charge in [0.2, 0.25) is 11.8 Å². The van der Waals surface area contributed by atoms with E-state index >= 15 is 0 Å². The molecule has 1 unspecified atom stereocenters. The van der Waals surface area contributed by atoms with Gasteiger partial charge in [-0.1, -0.05) is 40.7 Å². The Morgan fingerprint density at radius 1 is 1.26 bits per heavy atom. The molecule has 1 aliphatic carbocycles. The Bertz CT molecular complexity index is 723. The molecule has 2 amide bonds. The van der Waals surface area contributed by atoms with Crippen molar-refractivity contribution in [2.24, 2.45) is 23.2 Å². The molecule has 1 aliphatic heterocycles. The van der Waals surface area contributed by atoms with Crippen LogP contribution in [-0.2, 0) is 19.1 Å². The molecule has 0 aromatic heterocycles. The summed E-state index contributed by atoms with van der Waals surface area (Å²) in [6.45, 7) is 14.6. The maximum Gasteiger partial charge on any atom is 0.333 e. The lowest BCUT2D eigenvalue weighted by molar-refractivity contribution is -0.141. The van der Waals surface area contributed by atoms with Gasteiger partial charge in [0.15, 0.2) is 0 Å². The number of likely N-dealkylation sites (tertiary alicyclic amines) is 1. The topological polar surface area (TPSA) is 79.0 Å². The van der Waals surface area contributed by atoms with Gasteiger partial charge in [-0.05, 0) is 50.5 Å². The monoisotopic (exact) mass is 435 g/mol. The molecular formula is C24H41N3O4. The van der Waals surface area contributed by atoms with E-state index in [2.05, 4.69) is 10.2 Å². The SMILES string of the molecule is CCOC(=O)C(C)=CC(C(C)C)N(C)C(=O)[C@@H](NC(=O)[C@@H]1[C@H]2C[C@H]2CN1C)C(C)(C)C. The second-order valence-corrected chi connectivity index (χ2v) is 10.6. The molecule has 2 fully saturated rings. The molecule has 1 saturated carbocycles. The van der Waals surface area contributed by atoms with Crippen molar-refractivity contribution in [2.45, 2.75) is 73.0 Å². The number of nitrogens with one attached hydrogen (secondary N) is 1. The Labute approximate surface area is 187 Å². The molecule has 5 atom stereocenters. The molecule has 1 saturated heterocycles. The summed E-state index contributed by atoms with van der Waals surface area (Å²) in [7, 11) is 3.72. The van der Waals surface area contributed by atoms with Crippen LogP contribution in [0.15, 0.2) is 11.6 Å². The van der Waals surface area contributed by atoms with Crippen LogP contribution >= 0.6 is 0 Å². The van der Waals surface area contributed by atoms with Crippen molar-refractivity contribution >= 4 is 17.8 Å². The number of rotatable bonds is 8. The molecule has 0 bridgehead atoms. The number of nitrogens with zero attached hydrogens (tertiary/aromatic N) is 2. The van der Waals surface area contributed by atoms with Crippen molar-refractivity contribution in [3.05, 3.63) is 11.6 Å². The summed E-state index contributed by atoms with van der Waals surface area (Å²) in [4.78, 5) is 42.6. The Morgan fingerprint density at radius 2 is 1.87 bits per heavy atom. The van der Waals surface area contributed by atoms with E-state index in [0.29, 0.717) is 24.0 Å². The highest BCUT2D eigenvalue weighted by molar-refractivity contribution is 5.91. The normalized spacial score (nSPS) is 25.6. The Hall–Kier alpha value is -1.89. The number of carbonyl (C=O) groups is 3. The number of amides is 2. The van der Waals surface area contributed by atoms with Gasteiger partial charge in [-0.2, -0.15) is 0 Å². The van der Waals surface area contributed by atoms with E-state index in [1.54, 1.807) is 31.9 Å². The van der Waals surface area contributed by atoms with Crippen molar-refractivity contribution in [1.82, 2.24) is 15.1 Å². The van der Waals surface area contributed by atoms with Crippen LogP contribution in [0.25, 0.3) is 0 Å². The molecule has 0 aromatic rings. The minimum Gasteiger partial charge on any atom is -0.463 e. The number of ether oxygens (including phenoxy) is 1. The van der Waals surface area contributed by atoms with Crippen LogP contribution < -0.4 is 5.32 Å². The lowest BCUT2D eigenvalue weighted by atomic mass is 9.84. The first kappa shape index (κ1) is 25.4. The van der Waals surface area contributed by atoms with Gasteiger partial charge in [-0.25, -0.2) is 4.79 Å². The zero-order valence-electron chi connectivity index (χ0n) is 20.7. The van der Waals surface area contributed by atoms with E-state index in [0.717, 1.165) is 13.0 Å². The highest BCUT2D eigenvalue weighted by atomic mass is 16.5. The third kappa shape index (κ3) is 5.88. The minimum atomic E-state index is -0.659. The van der Waals surface area contributed by atoms with Gasteiger partial charge in [0.1, 0.15) is 6.04 Å². The second kappa shape index (κ2) is 9.72. The zero-order chi connectivity index (χ0) is 23.7. The lowest BCUT2D eigenvalue weighted by Gasteiger charge is -2.38. The summed E-state index contributed by atoms with van der Waals surface area (Å²) in [5.41, 5.74) is 0.0200. The minimum absolute atomic E-state index is 0.0616. The first-order chi connectivity index (χ1) is 14.3. The molecule has 1 N–H and O–H groups in total. The summed E-state index contributed by atoms with van der Waals surface area (Å²) in [6, 6.07) is -1.10. The van der Waals surface area contributed by atoms with E-state index in [1.807, 2.05) is 41.7 Å². The molecule has 0 aromatic carbocycles. The van der Waals surface area contributed by atoms with Gasteiger partial charge in [0.25, 0.3) is 0 Å². The molecule has 2 aliphatic rings. The number of piperidine rings is 1. The fourth-order valence-corrected chi connectivity index (χ4v) is 4.62. The Morgan fingerprint density at radius 3 is 2.32 bits per heavy atom. The van der Waals surface area contributed by atoms with Gasteiger partial charge in [0.05, 0.1) is 18.7 Å². The van der Waals surface area contributed by atoms with Crippen molar-refractivity contribution in [1.29, 1.82) is 0 Å². The van der Waals surface area contributed by atoms with Gasteiger partial charge in [-0.15, -0.1) is 0 Å². The average Bonchev–Trinajstić information content (AvgIpc) is 3.32. The van der Waals surface area contributed by atoms with Crippen LogP contribution in [0, 0.1) is 23.2 Å². The highest BCUT2D eigenvalue weighted by Gasteiger charge is 2.54. The fourth-order valence-electron chi connectivity index (χ4n) is 4.62. The zero-order valence-corrected chi connectivity index (χ0v) is 20.7. The van der Waals surface area contributed by atoms with Crippen LogP contribution in [0.4, 0.5) is 0 Å². The van der Waals surface area contributed by atoms with Crippen LogP contribution in [0.3, 0.4) is 0 Å². The Balaban J connectivity index is 2.21. The van der Waals surface area contributed by atoms with E-state index in [4.69, 9.17) is 4.74 Å². The van der Waals surface area contributed by atoms with Gasteiger partial charge in [0, 0.05) is 19.2 Å². The lowest BCUT2D eigenvalue weighted by Crippen LogP contribution is -2.59.